The average molecular weight is 256 g/mol. The van der Waals surface area contributed by atoms with E-state index in [-0.39, 0.29) is 24.8 Å². The zero-order valence-electron chi connectivity index (χ0n) is 9.42. The number of carbonyl (C=O) groups excluding carboxylic acids is 2. The number of benzene rings is 1. The maximum atomic E-state index is 11.7. The third-order valence-corrected chi connectivity index (χ3v) is 2.47. The Morgan fingerprint density at radius 2 is 2.12 bits per heavy atom. The molecule has 0 saturated heterocycles. The number of hydrogen-bond acceptors (Lipinski definition) is 3. The van der Waals surface area contributed by atoms with Crippen LogP contribution in [0.4, 0.5) is 5.69 Å². The highest BCUT2D eigenvalue weighted by molar-refractivity contribution is 6.34. The van der Waals surface area contributed by atoms with Gasteiger partial charge >= 0.3 is 0 Å². The number of nitrogens with one attached hydrogen (secondary N) is 2. The fraction of sp³-hybridized carbons (Fsp3) is 0.273. The van der Waals surface area contributed by atoms with Crippen LogP contribution in [0.5, 0.6) is 0 Å². The molecule has 1 rings (SSSR count). The highest BCUT2D eigenvalue weighted by Gasteiger charge is 2.10. The van der Waals surface area contributed by atoms with Crippen LogP contribution in [0.25, 0.3) is 0 Å². The van der Waals surface area contributed by atoms with Crippen molar-refractivity contribution in [1.82, 2.24) is 10.6 Å². The van der Waals surface area contributed by atoms with Crippen LogP contribution in [0.15, 0.2) is 18.2 Å². The van der Waals surface area contributed by atoms with Crippen molar-refractivity contribution in [2.45, 2.75) is 6.42 Å². The molecule has 0 atom stereocenters. The Morgan fingerprint density at radius 3 is 2.71 bits per heavy atom. The van der Waals surface area contributed by atoms with E-state index in [0.29, 0.717) is 16.3 Å². The highest BCUT2D eigenvalue weighted by atomic mass is 35.5. The third kappa shape index (κ3) is 3.96. The lowest BCUT2D eigenvalue weighted by Gasteiger charge is -2.06. The molecule has 4 N–H and O–H groups in total. The van der Waals surface area contributed by atoms with E-state index in [4.69, 9.17) is 17.3 Å². The van der Waals surface area contributed by atoms with E-state index in [2.05, 4.69) is 10.6 Å². The van der Waals surface area contributed by atoms with Gasteiger partial charge in [0.25, 0.3) is 5.91 Å². The van der Waals surface area contributed by atoms with Crippen LogP contribution >= 0.6 is 11.6 Å². The number of rotatable bonds is 4. The van der Waals surface area contributed by atoms with E-state index in [1.807, 2.05) is 0 Å². The van der Waals surface area contributed by atoms with Gasteiger partial charge in [0.15, 0.2) is 0 Å². The second kappa shape index (κ2) is 6.10. The maximum Gasteiger partial charge on any atom is 0.252 e. The van der Waals surface area contributed by atoms with Crippen molar-refractivity contribution in [1.29, 1.82) is 0 Å². The largest absolute Gasteiger partial charge is 0.399 e. The van der Waals surface area contributed by atoms with Crippen LogP contribution in [-0.2, 0) is 4.79 Å². The smallest absolute Gasteiger partial charge is 0.252 e. The van der Waals surface area contributed by atoms with Gasteiger partial charge in [0.1, 0.15) is 0 Å². The first kappa shape index (κ1) is 13.3. The summed E-state index contributed by atoms with van der Waals surface area (Å²) in [5.41, 5.74) is 6.36. The molecule has 0 unspecified atom stereocenters. The molecule has 0 saturated carbocycles. The predicted octanol–water partition coefficient (Wildman–Crippen LogP) is 0.788. The van der Waals surface area contributed by atoms with Crippen molar-refractivity contribution < 1.29 is 9.59 Å². The van der Waals surface area contributed by atoms with Crippen molar-refractivity contribution in [3.05, 3.63) is 28.8 Å². The first-order valence-electron chi connectivity index (χ1n) is 5.08. The summed E-state index contributed by atoms with van der Waals surface area (Å²) < 4.78 is 0. The summed E-state index contributed by atoms with van der Waals surface area (Å²) in [5.74, 6) is -0.451. The molecule has 1 aromatic carbocycles. The molecule has 0 heterocycles. The lowest BCUT2D eigenvalue weighted by Crippen LogP contribution is -2.29. The van der Waals surface area contributed by atoms with Crippen molar-refractivity contribution in [2.24, 2.45) is 0 Å². The topological polar surface area (TPSA) is 84.2 Å². The van der Waals surface area contributed by atoms with Crippen molar-refractivity contribution >= 4 is 29.1 Å². The Hall–Kier alpha value is -1.75. The number of anilines is 1. The molecule has 2 amide bonds. The zero-order chi connectivity index (χ0) is 12.8. The molecule has 6 heteroatoms. The van der Waals surface area contributed by atoms with E-state index < -0.39 is 0 Å². The molecule has 0 bridgehead atoms. The summed E-state index contributed by atoms with van der Waals surface area (Å²) >= 11 is 5.87. The van der Waals surface area contributed by atoms with Gasteiger partial charge in [0, 0.05) is 25.7 Å². The van der Waals surface area contributed by atoms with Gasteiger partial charge in [-0.05, 0) is 18.2 Å². The second-order valence-electron chi connectivity index (χ2n) is 3.42. The molecule has 0 aliphatic carbocycles. The zero-order valence-corrected chi connectivity index (χ0v) is 10.2. The summed E-state index contributed by atoms with van der Waals surface area (Å²) in [6, 6.07) is 4.65. The van der Waals surface area contributed by atoms with Crippen molar-refractivity contribution in [3.8, 4) is 0 Å². The highest BCUT2D eigenvalue weighted by Crippen LogP contribution is 2.18. The van der Waals surface area contributed by atoms with Crippen LogP contribution < -0.4 is 16.4 Å². The van der Waals surface area contributed by atoms with Crippen LogP contribution in [0.3, 0.4) is 0 Å². The number of carbonyl (C=O) groups is 2. The number of hydrogen-bond donors (Lipinski definition) is 3. The van der Waals surface area contributed by atoms with Crippen LogP contribution in [-0.4, -0.2) is 25.4 Å². The van der Waals surface area contributed by atoms with Gasteiger partial charge in [0.2, 0.25) is 5.91 Å². The lowest BCUT2D eigenvalue weighted by molar-refractivity contribution is -0.120. The summed E-state index contributed by atoms with van der Waals surface area (Å²) in [6.07, 6.45) is 0.231. The standard InChI is InChI=1S/C11H14ClN3O2/c1-14-10(16)4-5-15-11(17)8-3-2-7(13)6-9(8)12/h2-3,6H,4-5,13H2,1H3,(H,14,16)(H,15,17). The molecule has 1 aromatic rings. The van der Waals surface area contributed by atoms with Crippen LogP contribution in [0, 0.1) is 0 Å². The molecule has 0 spiro atoms. The molecule has 0 aromatic heterocycles. The number of nitrogens with two attached hydrogens (primary N) is 1. The second-order valence-corrected chi connectivity index (χ2v) is 3.83. The van der Waals surface area contributed by atoms with Gasteiger partial charge < -0.3 is 16.4 Å². The summed E-state index contributed by atoms with van der Waals surface area (Å²) in [6.45, 7) is 0.263. The molecule has 0 fully saturated rings. The van der Waals surface area contributed by atoms with Gasteiger partial charge in [-0.2, -0.15) is 0 Å². The fourth-order valence-electron chi connectivity index (χ4n) is 1.23. The van der Waals surface area contributed by atoms with Gasteiger partial charge in [-0.15, -0.1) is 0 Å². The molecular formula is C11H14ClN3O2. The normalized spacial score (nSPS) is 9.76. The van der Waals surface area contributed by atoms with E-state index >= 15 is 0 Å². The fourth-order valence-corrected chi connectivity index (χ4v) is 1.50. The molecule has 5 nitrogen and oxygen atoms in total. The van der Waals surface area contributed by atoms with Gasteiger partial charge in [-0.1, -0.05) is 11.6 Å². The number of halogens is 1. The Balaban J connectivity index is 2.55. The van der Waals surface area contributed by atoms with Gasteiger partial charge in [0.05, 0.1) is 10.6 Å². The summed E-state index contributed by atoms with van der Waals surface area (Å²) in [4.78, 5) is 22.6. The third-order valence-electron chi connectivity index (χ3n) is 2.15. The molecule has 0 aliphatic rings. The monoisotopic (exact) mass is 255 g/mol. The van der Waals surface area contributed by atoms with Crippen LogP contribution in [0.1, 0.15) is 16.8 Å². The van der Waals surface area contributed by atoms with Crippen LogP contribution in [0.2, 0.25) is 5.02 Å². The Kier molecular flexibility index (Phi) is 4.78. The SMILES string of the molecule is CNC(=O)CCNC(=O)c1ccc(N)cc1Cl. The predicted molar refractivity (Wildman–Crippen MR) is 66.9 cm³/mol. The summed E-state index contributed by atoms with van der Waals surface area (Å²) in [5, 5.41) is 5.36. The summed E-state index contributed by atoms with van der Waals surface area (Å²) in [7, 11) is 1.54. The lowest BCUT2D eigenvalue weighted by atomic mass is 10.2. The molecular weight excluding hydrogens is 242 g/mol. The van der Waals surface area contributed by atoms with E-state index in [1.165, 1.54) is 6.07 Å². The van der Waals surface area contributed by atoms with Crippen molar-refractivity contribution in [2.75, 3.05) is 19.3 Å². The van der Waals surface area contributed by atoms with Gasteiger partial charge in [-0.3, -0.25) is 9.59 Å². The van der Waals surface area contributed by atoms with E-state index in [0.717, 1.165) is 0 Å². The first-order valence-corrected chi connectivity index (χ1v) is 5.46. The Bertz CT molecular complexity index is 435. The molecule has 0 aliphatic heterocycles. The number of amides is 2. The Morgan fingerprint density at radius 1 is 1.41 bits per heavy atom. The molecule has 17 heavy (non-hydrogen) atoms. The number of nitrogen functional groups attached to an aromatic ring is 1. The quantitative estimate of drug-likeness (QED) is 0.696. The van der Waals surface area contributed by atoms with E-state index in [9.17, 15) is 9.59 Å². The van der Waals surface area contributed by atoms with Crippen molar-refractivity contribution in [3.63, 3.8) is 0 Å². The minimum absolute atomic E-state index is 0.131. The molecule has 92 valence electrons. The maximum absolute atomic E-state index is 11.7. The minimum atomic E-state index is -0.320. The van der Waals surface area contributed by atoms with E-state index in [1.54, 1.807) is 19.2 Å². The van der Waals surface area contributed by atoms with Gasteiger partial charge in [-0.25, -0.2) is 0 Å². The first-order chi connectivity index (χ1) is 8.04. The Labute approximate surface area is 104 Å². The molecule has 0 radical (unpaired) electrons. The minimum Gasteiger partial charge on any atom is -0.399 e. The average Bonchev–Trinajstić information content (AvgIpc) is 2.28.